The fourth-order valence-electron chi connectivity index (χ4n) is 1.74. The largest absolute Gasteiger partial charge is 0.299 e. The lowest BCUT2D eigenvalue weighted by Gasteiger charge is -2.20. The van der Waals surface area contributed by atoms with Crippen LogP contribution in [0.3, 0.4) is 0 Å². The van der Waals surface area contributed by atoms with E-state index in [9.17, 15) is 4.39 Å². The first kappa shape index (κ1) is 13.7. The minimum Gasteiger partial charge on any atom is -0.299 e. The minimum absolute atomic E-state index is 0.223. The molecular formula is C14H19FN2. The Morgan fingerprint density at radius 2 is 2.12 bits per heavy atom. The molecule has 17 heavy (non-hydrogen) atoms. The fraction of sp³-hybridized carbons (Fsp3) is 0.500. The molecule has 0 aromatic heterocycles. The van der Waals surface area contributed by atoms with Crippen LogP contribution in [0.2, 0.25) is 0 Å². The summed E-state index contributed by atoms with van der Waals surface area (Å²) in [5.74, 6) is -0.223. The van der Waals surface area contributed by atoms with Crippen molar-refractivity contribution in [2.24, 2.45) is 0 Å². The highest BCUT2D eigenvalue weighted by atomic mass is 19.1. The molecule has 0 unspecified atom stereocenters. The van der Waals surface area contributed by atoms with Gasteiger partial charge < -0.3 is 0 Å². The van der Waals surface area contributed by atoms with Crippen LogP contribution in [-0.2, 0) is 6.54 Å². The molecule has 0 spiro atoms. The Kier molecular flexibility index (Phi) is 5.65. The maximum atomic E-state index is 13.6. The topological polar surface area (TPSA) is 27.0 Å². The first-order chi connectivity index (χ1) is 8.21. The Hall–Kier alpha value is -1.40. The van der Waals surface area contributed by atoms with Crippen LogP contribution in [0, 0.1) is 17.1 Å². The zero-order valence-corrected chi connectivity index (χ0v) is 10.5. The van der Waals surface area contributed by atoms with Crippen molar-refractivity contribution in [1.82, 2.24) is 4.90 Å². The van der Waals surface area contributed by atoms with Crippen molar-refractivity contribution >= 4 is 0 Å². The van der Waals surface area contributed by atoms with Crippen molar-refractivity contribution in [3.63, 3.8) is 0 Å². The third-order valence-corrected chi connectivity index (χ3v) is 2.84. The van der Waals surface area contributed by atoms with Crippen molar-refractivity contribution < 1.29 is 4.39 Å². The molecule has 0 aliphatic rings. The molecule has 1 aromatic rings. The van der Waals surface area contributed by atoms with Crippen LogP contribution >= 0.6 is 0 Å². The molecule has 1 rings (SSSR count). The zero-order valence-electron chi connectivity index (χ0n) is 10.5. The average molecular weight is 234 g/mol. The van der Waals surface area contributed by atoms with Crippen LogP contribution in [-0.4, -0.2) is 18.0 Å². The van der Waals surface area contributed by atoms with Gasteiger partial charge in [0.1, 0.15) is 5.82 Å². The van der Waals surface area contributed by atoms with Gasteiger partial charge in [0.25, 0.3) is 0 Å². The maximum Gasteiger partial charge on any atom is 0.127 e. The van der Waals surface area contributed by atoms with Gasteiger partial charge in [-0.25, -0.2) is 4.39 Å². The van der Waals surface area contributed by atoms with Crippen LogP contribution in [0.1, 0.15) is 37.8 Å². The van der Waals surface area contributed by atoms with E-state index < -0.39 is 0 Å². The summed E-state index contributed by atoms with van der Waals surface area (Å²) >= 11 is 0. The summed E-state index contributed by atoms with van der Waals surface area (Å²) in [6, 6.07) is 6.58. The molecule has 0 saturated heterocycles. The molecule has 0 heterocycles. The van der Waals surface area contributed by atoms with E-state index in [2.05, 4.69) is 18.7 Å². The summed E-state index contributed by atoms with van der Waals surface area (Å²) < 4.78 is 13.6. The van der Waals surface area contributed by atoms with Crippen LogP contribution in [0.25, 0.3) is 0 Å². The van der Waals surface area contributed by atoms with Gasteiger partial charge in [0, 0.05) is 12.1 Å². The Labute approximate surface area is 103 Å². The molecule has 92 valence electrons. The van der Waals surface area contributed by atoms with Gasteiger partial charge in [-0.3, -0.25) is 4.90 Å². The molecule has 0 radical (unpaired) electrons. The third-order valence-electron chi connectivity index (χ3n) is 2.84. The van der Waals surface area contributed by atoms with Crippen molar-refractivity contribution in [3.8, 4) is 6.07 Å². The van der Waals surface area contributed by atoms with Gasteiger partial charge >= 0.3 is 0 Å². The number of rotatable bonds is 6. The number of hydrogen-bond acceptors (Lipinski definition) is 2. The first-order valence-electron chi connectivity index (χ1n) is 6.12. The van der Waals surface area contributed by atoms with Crippen molar-refractivity contribution in [2.45, 2.75) is 33.2 Å². The lowest BCUT2D eigenvalue weighted by Crippen LogP contribution is -2.24. The Morgan fingerprint density at radius 1 is 1.35 bits per heavy atom. The second kappa shape index (κ2) is 7.03. The summed E-state index contributed by atoms with van der Waals surface area (Å²) in [5.41, 5.74) is 1.13. The molecule has 0 atom stereocenters. The van der Waals surface area contributed by atoms with Crippen molar-refractivity contribution in [3.05, 3.63) is 35.1 Å². The van der Waals surface area contributed by atoms with Gasteiger partial charge in [-0.2, -0.15) is 5.26 Å². The second-order valence-corrected chi connectivity index (χ2v) is 4.14. The molecule has 0 aliphatic heterocycles. The Balaban J connectivity index is 2.74. The Morgan fingerprint density at radius 3 is 2.71 bits per heavy atom. The SMILES string of the molecule is CCCCN(CC)Cc1cc(C#N)ccc1F. The highest BCUT2D eigenvalue weighted by molar-refractivity contribution is 5.33. The second-order valence-electron chi connectivity index (χ2n) is 4.14. The molecule has 2 nitrogen and oxygen atoms in total. The number of unbranched alkanes of at least 4 members (excludes halogenated alkanes) is 1. The fourth-order valence-corrected chi connectivity index (χ4v) is 1.74. The number of benzene rings is 1. The normalized spacial score (nSPS) is 10.5. The number of hydrogen-bond donors (Lipinski definition) is 0. The van der Waals surface area contributed by atoms with Crippen LogP contribution < -0.4 is 0 Å². The van der Waals surface area contributed by atoms with E-state index in [4.69, 9.17) is 5.26 Å². The van der Waals surface area contributed by atoms with E-state index in [1.54, 1.807) is 6.07 Å². The van der Waals surface area contributed by atoms with E-state index in [-0.39, 0.29) is 5.82 Å². The van der Waals surface area contributed by atoms with E-state index >= 15 is 0 Å². The Bertz CT molecular complexity index is 396. The molecule has 3 heteroatoms. The van der Waals surface area contributed by atoms with E-state index in [1.165, 1.54) is 12.1 Å². The van der Waals surface area contributed by atoms with Crippen LogP contribution in [0.15, 0.2) is 18.2 Å². The summed E-state index contributed by atoms with van der Waals surface area (Å²) in [4.78, 5) is 2.20. The van der Waals surface area contributed by atoms with Gasteiger partial charge in [-0.05, 0) is 37.7 Å². The molecule has 0 fully saturated rings. The molecule has 0 aliphatic carbocycles. The zero-order chi connectivity index (χ0) is 12.7. The van der Waals surface area contributed by atoms with E-state index in [0.29, 0.717) is 17.7 Å². The van der Waals surface area contributed by atoms with Crippen molar-refractivity contribution in [2.75, 3.05) is 13.1 Å². The third kappa shape index (κ3) is 4.16. The molecule has 0 saturated carbocycles. The summed E-state index contributed by atoms with van der Waals surface area (Å²) in [5, 5.41) is 8.80. The standard InChI is InChI=1S/C14H19FN2/c1-3-5-8-17(4-2)11-13-9-12(10-16)6-7-14(13)15/h6-7,9H,3-5,8,11H2,1-2H3. The van der Waals surface area contributed by atoms with Gasteiger partial charge in [0.05, 0.1) is 11.6 Å². The molecule has 0 N–H and O–H groups in total. The van der Waals surface area contributed by atoms with Gasteiger partial charge in [0.15, 0.2) is 0 Å². The van der Waals surface area contributed by atoms with E-state index in [1.807, 2.05) is 6.07 Å². The summed E-state index contributed by atoms with van der Waals surface area (Å²) in [7, 11) is 0. The lowest BCUT2D eigenvalue weighted by molar-refractivity contribution is 0.271. The van der Waals surface area contributed by atoms with Gasteiger partial charge in [0.2, 0.25) is 0 Å². The lowest BCUT2D eigenvalue weighted by atomic mass is 10.1. The molecule has 0 amide bonds. The quantitative estimate of drug-likeness (QED) is 0.755. The monoisotopic (exact) mass is 234 g/mol. The predicted molar refractivity (Wildman–Crippen MR) is 67.0 cm³/mol. The van der Waals surface area contributed by atoms with Crippen molar-refractivity contribution in [1.29, 1.82) is 5.26 Å². The molecule has 0 bridgehead atoms. The highest BCUT2D eigenvalue weighted by Gasteiger charge is 2.08. The first-order valence-corrected chi connectivity index (χ1v) is 6.12. The summed E-state index contributed by atoms with van der Waals surface area (Å²) in [6.45, 7) is 6.67. The van der Waals surface area contributed by atoms with Gasteiger partial charge in [-0.1, -0.05) is 20.3 Å². The number of halogens is 1. The van der Waals surface area contributed by atoms with Crippen LogP contribution in [0.5, 0.6) is 0 Å². The summed E-state index contributed by atoms with van der Waals surface area (Å²) in [6.07, 6.45) is 2.25. The molecule has 1 aromatic carbocycles. The smallest absolute Gasteiger partial charge is 0.127 e. The average Bonchev–Trinajstić information content (AvgIpc) is 2.36. The number of nitrogens with zero attached hydrogens (tertiary/aromatic N) is 2. The van der Waals surface area contributed by atoms with Crippen LogP contribution in [0.4, 0.5) is 4.39 Å². The van der Waals surface area contributed by atoms with Gasteiger partial charge in [-0.15, -0.1) is 0 Å². The molecular weight excluding hydrogens is 215 g/mol. The highest BCUT2D eigenvalue weighted by Crippen LogP contribution is 2.13. The minimum atomic E-state index is -0.223. The number of nitriles is 1. The maximum absolute atomic E-state index is 13.6. The van der Waals surface area contributed by atoms with E-state index in [0.717, 1.165) is 25.9 Å². The predicted octanol–water partition coefficient (Wildman–Crippen LogP) is 3.32.